The van der Waals surface area contributed by atoms with E-state index >= 15 is 0 Å². The fraction of sp³-hybridized carbons (Fsp3) is 0.571. The Hall–Kier alpha value is -1.76. The summed E-state index contributed by atoms with van der Waals surface area (Å²) < 4.78 is 10.0. The predicted molar refractivity (Wildman–Crippen MR) is 80.7 cm³/mol. The summed E-state index contributed by atoms with van der Waals surface area (Å²) in [6, 6.07) is 3.82. The molecule has 1 atom stereocenters. The zero-order chi connectivity index (χ0) is 14.2. The number of aromatic nitrogens is 4. The highest BCUT2D eigenvalue weighted by atomic mass is 32.1. The zero-order valence-electron chi connectivity index (χ0n) is 11.7. The second-order valence-electron chi connectivity index (χ2n) is 5.81. The van der Waals surface area contributed by atoms with Crippen LogP contribution < -0.4 is 10.5 Å². The highest BCUT2D eigenvalue weighted by Gasteiger charge is 2.29. The summed E-state index contributed by atoms with van der Waals surface area (Å²) in [6.07, 6.45) is 6.40. The van der Waals surface area contributed by atoms with Crippen LogP contribution in [0.4, 0.5) is 5.82 Å². The molecule has 0 radical (unpaired) electrons. The van der Waals surface area contributed by atoms with Crippen LogP contribution in [0.25, 0.3) is 0 Å². The Morgan fingerprint density at radius 1 is 1.29 bits per heavy atom. The third kappa shape index (κ3) is 2.57. The summed E-state index contributed by atoms with van der Waals surface area (Å²) >= 11 is 1.23. The van der Waals surface area contributed by atoms with Gasteiger partial charge in [0.1, 0.15) is 0 Å². The van der Waals surface area contributed by atoms with Gasteiger partial charge in [-0.25, -0.2) is 4.68 Å². The van der Waals surface area contributed by atoms with E-state index in [0.29, 0.717) is 12.5 Å². The first-order valence-electron chi connectivity index (χ1n) is 7.43. The molecule has 6 nitrogen and oxygen atoms in total. The van der Waals surface area contributed by atoms with Crippen LogP contribution >= 0.6 is 11.7 Å². The first-order valence-corrected chi connectivity index (χ1v) is 8.16. The topological polar surface area (TPSA) is 63.9 Å². The van der Waals surface area contributed by atoms with Crippen molar-refractivity contribution < 1.29 is 0 Å². The quantitative estimate of drug-likeness (QED) is 0.859. The SMILES string of the molecule is O=c1ccc(C2CC2)nn1CC1CCCN1c1cnsn1. The van der Waals surface area contributed by atoms with Gasteiger partial charge in [0.2, 0.25) is 0 Å². The lowest BCUT2D eigenvalue weighted by atomic mass is 10.2. The van der Waals surface area contributed by atoms with Crippen LogP contribution in [-0.2, 0) is 6.54 Å². The molecule has 1 saturated heterocycles. The molecule has 21 heavy (non-hydrogen) atoms. The van der Waals surface area contributed by atoms with Gasteiger partial charge in [-0.15, -0.1) is 0 Å². The van der Waals surface area contributed by atoms with E-state index in [1.165, 1.54) is 24.6 Å². The monoisotopic (exact) mass is 303 g/mol. The average Bonchev–Trinajstić information content (AvgIpc) is 3.00. The number of anilines is 1. The van der Waals surface area contributed by atoms with Crippen LogP contribution in [0.3, 0.4) is 0 Å². The van der Waals surface area contributed by atoms with Crippen LogP contribution in [-0.4, -0.2) is 31.1 Å². The molecule has 0 aromatic carbocycles. The molecule has 110 valence electrons. The molecular formula is C14H17N5OS. The van der Waals surface area contributed by atoms with Crippen molar-refractivity contribution in [3.05, 3.63) is 34.4 Å². The van der Waals surface area contributed by atoms with Gasteiger partial charge < -0.3 is 4.90 Å². The summed E-state index contributed by atoms with van der Waals surface area (Å²) in [5.74, 6) is 1.49. The average molecular weight is 303 g/mol. The van der Waals surface area contributed by atoms with Crippen LogP contribution in [0.5, 0.6) is 0 Å². The fourth-order valence-corrected chi connectivity index (χ4v) is 3.43. The summed E-state index contributed by atoms with van der Waals surface area (Å²) in [6.45, 7) is 1.62. The third-order valence-corrected chi connectivity index (χ3v) is 4.76. The highest BCUT2D eigenvalue weighted by molar-refractivity contribution is 6.99. The van der Waals surface area contributed by atoms with Gasteiger partial charge in [0, 0.05) is 18.5 Å². The van der Waals surface area contributed by atoms with Crippen molar-refractivity contribution in [3.63, 3.8) is 0 Å². The summed E-state index contributed by atoms with van der Waals surface area (Å²) in [4.78, 5) is 14.3. The molecule has 1 saturated carbocycles. The standard InChI is InChI=1S/C14H17N5OS/c20-14-6-5-12(10-3-4-10)16-19(14)9-11-2-1-7-18(11)13-8-15-21-17-13/h5-6,8,10-11H,1-4,7,9H2. The van der Waals surface area contributed by atoms with E-state index in [2.05, 4.69) is 18.7 Å². The van der Waals surface area contributed by atoms with E-state index in [4.69, 9.17) is 0 Å². The molecule has 2 aromatic heterocycles. The van der Waals surface area contributed by atoms with E-state index in [1.807, 2.05) is 6.07 Å². The van der Waals surface area contributed by atoms with E-state index in [-0.39, 0.29) is 11.6 Å². The molecule has 4 rings (SSSR count). The largest absolute Gasteiger partial charge is 0.350 e. The molecule has 1 unspecified atom stereocenters. The van der Waals surface area contributed by atoms with E-state index in [0.717, 1.165) is 30.9 Å². The molecule has 0 N–H and O–H groups in total. The smallest absolute Gasteiger partial charge is 0.266 e. The van der Waals surface area contributed by atoms with Gasteiger partial charge in [-0.2, -0.15) is 13.8 Å². The van der Waals surface area contributed by atoms with Crippen LogP contribution in [0.15, 0.2) is 23.1 Å². The van der Waals surface area contributed by atoms with Crippen LogP contribution in [0, 0.1) is 0 Å². The van der Waals surface area contributed by atoms with Crippen molar-refractivity contribution in [2.75, 3.05) is 11.4 Å². The summed E-state index contributed by atoms with van der Waals surface area (Å²) in [5, 5.41) is 4.56. The van der Waals surface area contributed by atoms with Gasteiger partial charge in [-0.05, 0) is 31.7 Å². The first kappa shape index (κ1) is 12.9. The van der Waals surface area contributed by atoms with Crippen molar-refractivity contribution in [1.82, 2.24) is 18.5 Å². The Bertz CT molecular complexity index is 679. The Labute approximate surface area is 126 Å². The van der Waals surface area contributed by atoms with Gasteiger partial charge in [-0.3, -0.25) is 4.79 Å². The lowest BCUT2D eigenvalue weighted by molar-refractivity contribution is 0.481. The van der Waals surface area contributed by atoms with E-state index in [9.17, 15) is 4.79 Å². The van der Waals surface area contributed by atoms with Crippen molar-refractivity contribution in [2.45, 2.75) is 44.2 Å². The third-order valence-electron chi connectivity index (χ3n) is 4.29. The van der Waals surface area contributed by atoms with Crippen molar-refractivity contribution in [1.29, 1.82) is 0 Å². The van der Waals surface area contributed by atoms with Crippen molar-refractivity contribution in [3.8, 4) is 0 Å². The molecule has 2 fully saturated rings. The van der Waals surface area contributed by atoms with Gasteiger partial charge in [0.25, 0.3) is 5.56 Å². The van der Waals surface area contributed by atoms with Crippen molar-refractivity contribution in [2.24, 2.45) is 0 Å². The fourth-order valence-electron chi connectivity index (χ4n) is 3.01. The van der Waals surface area contributed by atoms with Gasteiger partial charge in [-0.1, -0.05) is 0 Å². The first-order chi connectivity index (χ1) is 10.3. The Morgan fingerprint density at radius 2 is 2.19 bits per heavy atom. The zero-order valence-corrected chi connectivity index (χ0v) is 12.5. The molecular weight excluding hydrogens is 286 g/mol. The Balaban J connectivity index is 1.57. The molecule has 0 amide bonds. The van der Waals surface area contributed by atoms with Gasteiger partial charge >= 0.3 is 0 Å². The minimum Gasteiger partial charge on any atom is -0.350 e. The Morgan fingerprint density at radius 3 is 2.95 bits per heavy atom. The van der Waals surface area contributed by atoms with Crippen LogP contribution in [0.2, 0.25) is 0 Å². The Kier molecular flexibility index (Phi) is 3.21. The van der Waals surface area contributed by atoms with Gasteiger partial charge in [0.05, 0.1) is 36.2 Å². The summed E-state index contributed by atoms with van der Waals surface area (Å²) in [7, 11) is 0. The molecule has 2 aliphatic rings. The molecule has 0 spiro atoms. The number of hydrogen-bond donors (Lipinski definition) is 0. The second kappa shape index (κ2) is 5.22. The van der Waals surface area contributed by atoms with Crippen LogP contribution in [0.1, 0.15) is 37.3 Å². The predicted octanol–water partition coefficient (Wildman–Crippen LogP) is 1.64. The summed E-state index contributed by atoms with van der Waals surface area (Å²) in [5.41, 5.74) is 1.05. The molecule has 1 aliphatic carbocycles. The molecule has 7 heteroatoms. The normalized spacial score (nSPS) is 21.9. The number of hydrogen-bond acceptors (Lipinski definition) is 6. The molecule has 0 bridgehead atoms. The molecule has 2 aromatic rings. The maximum atomic E-state index is 12.1. The molecule has 3 heterocycles. The van der Waals surface area contributed by atoms with Gasteiger partial charge in [0.15, 0.2) is 5.82 Å². The lowest BCUT2D eigenvalue weighted by Gasteiger charge is -2.24. The van der Waals surface area contributed by atoms with E-state index < -0.39 is 0 Å². The highest BCUT2D eigenvalue weighted by Crippen LogP contribution is 2.38. The number of nitrogens with zero attached hydrogens (tertiary/aromatic N) is 5. The second-order valence-corrected chi connectivity index (χ2v) is 6.36. The maximum Gasteiger partial charge on any atom is 0.266 e. The maximum absolute atomic E-state index is 12.1. The molecule has 1 aliphatic heterocycles. The minimum absolute atomic E-state index is 0.0114. The number of rotatable bonds is 4. The lowest BCUT2D eigenvalue weighted by Crippen LogP contribution is -2.37. The van der Waals surface area contributed by atoms with Crippen molar-refractivity contribution >= 4 is 17.5 Å². The minimum atomic E-state index is -0.0114. The van der Waals surface area contributed by atoms with E-state index in [1.54, 1.807) is 16.9 Å².